The molecule has 1 aromatic rings. The molecule has 2 unspecified atom stereocenters. The van der Waals surface area contributed by atoms with E-state index in [1.807, 2.05) is 12.1 Å². The van der Waals surface area contributed by atoms with Crippen LogP contribution in [0.3, 0.4) is 0 Å². The van der Waals surface area contributed by atoms with Crippen LogP contribution >= 0.6 is 11.6 Å². The van der Waals surface area contributed by atoms with Gasteiger partial charge >= 0.3 is 0 Å². The minimum atomic E-state index is 0.0983. The number of benzene rings is 1. The normalized spacial score (nSPS) is 14.4. The van der Waals surface area contributed by atoms with Gasteiger partial charge in [-0.2, -0.15) is 0 Å². The van der Waals surface area contributed by atoms with Crippen molar-refractivity contribution in [1.29, 1.82) is 0 Å². The summed E-state index contributed by atoms with van der Waals surface area (Å²) in [6.07, 6.45) is 0.798. The van der Waals surface area contributed by atoms with Crippen LogP contribution in [0.4, 0.5) is 0 Å². The van der Waals surface area contributed by atoms with Crippen LogP contribution in [0.5, 0.6) is 5.75 Å². The first-order chi connectivity index (χ1) is 9.44. The highest BCUT2D eigenvalue weighted by Crippen LogP contribution is 2.35. The molecule has 0 saturated carbocycles. The van der Waals surface area contributed by atoms with Crippen LogP contribution in [0.2, 0.25) is 5.02 Å². The topological polar surface area (TPSA) is 55.5 Å². The first-order valence-electron chi connectivity index (χ1n) is 7.11. The summed E-state index contributed by atoms with van der Waals surface area (Å²) in [7, 11) is 1.69. The van der Waals surface area contributed by atoms with Gasteiger partial charge in [0, 0.05) is 11.6 Å². The van der Waals surface area contributed by atoms with Crippen LogP contribution in [0, 0.1) is 11.8 Å². The molecule has 0 fully saturated rings. The predicted molar refractivity (Wildman–Crippen MR) is 84.6 cm³/mol. The first-order valence-corrected chi connectivity index (χ1v) is 7.49. The molecule has 1 aromatic carbocycles. The zero-order valence-corrected chi connectivity index (χ0v) is 13.6. The molecule has 0 bridgehead atoms. The maximum atomic E-state index is 9.36. The first kappa shape index (κ1) is 17.3. The van der Waals surface area contributed by atoms with E-state index in [1.54, 1.807) is 7.11 Å². The number of aliphatic hydroxyl groups is 1. The van der Waals surface area contributed by atoms with Gasteiger partial charge in [-0.15, -0.1) is 0 Å². The van der Waals surface area contributed by atoms with Gasteiger partial charge in [-0.25, -0.2) is 0 Å². The van der Waals surface area contributed by atoms with E-state index in [2.05, 4.69) is 20.8 Å². The molecule has 1 rings (SSSR count). The summed E-state index contributed by atoms with van der Waals surface area (Å²) in [5.41, 5.74) is 7.91. The second-order valence-corrected chi connectivity index (χ2v) is 6.14. The van der Waals surface area contributed by atoms with Crippen molar-refractivity contribution in [3.8, 4) is 5.75 Å². The van der Waals surface area contributed by atoms with Crippen LogP contribution in [-0.2, 0) is 6.42 Å². The molecule has 0 heterocycles. The van der Waals surface area contributed by atoms with Gasteiger partial charge in [-0.1, -0.05) is 32.4 Å². The molecule has 0 aliphatic carbocycles. The van der Waals surface area contributed by atoms with Gasteiger partial charge in [-0.3, -0.25) is 0 Å². The molecule has 0 spiro atoms. The highest BCUT2D eigenvalue weighted by Gasteiger charge is 2.20. The Morgan fingerprint density at radius 3 is 2.40 bits per heavy atom. The van der Waals surface area contributed by atoms with E-state index in [9.17, 15) is 5.11 Å². The lowest BCUT2D eigenvalue weighted by molar-refractivity contribution is 0.186. The predicted octanol–water partition coefficient (Wildman–Crippen LogP) is 3.22. The number of nitrogens with two attached hydrogens (primary N) is 1. The smallest absolute Gasteiger partial charge is 0.125 e. The van der Waals surface area contributed by atoms with Crippen LogP contribution < -0.4 is 10.5 Å². The fourth-order valence-electron chi connectivity index (χ4n) is 2.50. The average molecular weight is 300 g/mol. The van der Waals surface area contributed by atoms with E-state index in [4.69, 9.17) is 22.1 Å². The number of halogens is 1. The summed E-state index contributed by atoms with van der Waals surface area (Å²) < 4.78 is 5.59. The van der Waals surface area contributed by atoms with Gasteiger partial charge in [0.2, 0.25) is 0 Å². The molecule has 114 valence electrons. The number of hydrogen-bond donors (Lipinski definition) is 2. The monoisotopic (exact) mass is 299 g/mol. The lowest BCUT2D eigenvalue weighted by Gasteiger charge is -2.23. The standard InChI is InChI=1S/C16H26ClNO2/c1-10(2)15-7-14(17)6-12(16(15)20-4)5-11(3)13(8-18)9-19/h6-7,10-11,13,19H,5,8-9,18H2,1-4H3. The third-order valence-electron chi connectivity index (χ3n) is 3.87. The summed E-state index contributed by atoms with van der Waals surface area (Å²) in [4.78, 5) is 0. The molecule has 3 nitrogen and oxygen atoms in total. The van der Waals surface area contributed by atoms with Gasteiger partial charge in [0.1, 0.15) is 5.75 Å². The molecule has 2 atom stereocenters. The van der Waals surface area contributed by atoms with Crippen molar-refractivity contribution >= 4 is 11.6 Å². The van der Waals surface area contributed by atoms with Crippen molar-refractivity contribution in [3.63, 3.8) is 0 Å². The zero-order chi connectivity index (χ0) is 15.3. The van der Waals surface area contributed by atoms with Crippen molar-refractivity contribution in [2.45, 2.75) is 33.1 Å². The van der Waals surface area contributed by atoms with Crippen LogP contribution in [0.15, 0.2) is 12.1 Å². The number of hydrogen-bond acceptors (Lipinski definition) is 3. The maximum absolute atomic E-state index is 9.36. The Balaban J connectivity index is 3.11. The quantitative estimate of drug-likeness (QED) is 0.813. The van der Waals surface area contributed by atoms with Gasteiger partial charge in [0.25, 0.3) is 0 Å². The Morgan fingerprint density at radius 1 is 1.30 bits per heavy atom. The molecule has 0 amide bonds. The maximum Gasteiger partial charge on any atom is 0.125 e. The summed E-state index contributed by atoms with van der Waals surface area (Å²) in [6, 6.07) is 3.92. The summed E-state index contributed by atoms with van der Waals surface area (Å²) in [6.45, 7) is 6.94. The third kappa shape index (κ3) is 4.11. The molecule has 0 aliphatic rings. The highest BCUT2D eigenvalue weighted by atomic mass is 35.5. The van der Waals surface area contributed by atoms with Crippen LogP contribution in [-0.4, -0.2) is 25.4 Å². The molecule has 0 saturated heterocycles. The average Bonchev–Trinajstić information content (AvgIpc) is 2.39. The lowest BCUT2D eigenvalue weighted by Crippen LogP contribution is -2.26. The zero-order valence-electron chi connectivity index (χ0n) is 12.8. The molecule has 4 heteroatoms. The molecule has 0 aromatic heterocycles. The van der Waals surface area contributed by atoms with Gasteiger partial charge in [0.05, 0.1) is 7.11 Å². The summed E-state index contributed by atoms with van der Waals surface area (Å²) in [5, 5.41) is 10.1. The third-order valence-corrected chi connectivity index (χ3v) is 4.09. The van der Waals surface area contributed by atoms with Gasteiger partial charge < -0.3 is 15.6 Å². The second kappa shape index (κ2) is 7.87. The molecular weight excluding hydrogens is 274 g/mol. The van der Waals surface area contributed by atoms with E-state index in [-0.39, 0.29) is 18.4 Å². The van der Waals surface area contributed by atoms with E-state index in [0.29, 0.717) is 12.5 Å². The fraction of sp³-hybridized carbons (Fsp3) is 0.625. The molecule has 3 N–H and O–H groups in total. The Bertz CT molecular complexity index is 431. The largest absolute Gasteiger partial charge is 0.496 e. The van der Waals surface area contributed by atoms with E-state index in [1.165, 1.54) is 0 Å². The van der Waals surface area contributed by atoms with Crippen molar-refractivity contribution in [2.24, 2.45) is 17.6 Å². The summed E-state index contributed by atoms with van der Waals surface area (Å²) in [5.74, 6) is 1.63. The van der Waals surface area contributed by atoms with E-state index >= 15 is 0 Å². The van der Waals surface area contributed by atoms with E-state index in [0.717, 1.165) is 28.3 Å². The Hall–Kier alpha value is -0.770. The number of ether oxygens (including phenoxy) is 1. The second-order valence-electron chi connectivity index (χ2n) is 5.70. The molecule has 0 radical (unpaired) electrons. The van der Waals surface area contributed by atoms with Crippen molar-refractivity contribution in [3.05, 3.63) is 28.3 Å². The van der Waals surface area contributed by atoms with E-state index < -0.39 is 0 Å². The van der Waals surface area contributed by atoms with Crippen LogP contribution in [0.1, 0.15) is 37.8 Å². The number of aliphatic hydroxyl groups excluding tert-OH is 1. The lowest BCUT2D eigenvalue weighted by atomic mass is 9.87. The highest BCUT2D eigenvalue weighted by molar-refractivity contribution is 6.30. The van der Waals surface area contributed by atoms with Crippen LogP contribution in [0.25, 0.3) is 0 Å². The van der Waals surface area contributed by atoms with Gasteiger partial charge in [0.15, 0.2) is 0 Å². The summed E-state index contributed by atoms with van der Waals surface area (Å²) >= 11 is 6.22. The Labute approximate surface area is 127 Å². The minimum absolute atomic E-state index is 0.0983. The number of rotatable bonds is 7. The Morgan fingerprint density at radius 2 is 1.95 bits per heavy atom. The van der Waals surface area contributed by atoms with Gasteiger partial charge in [-0.05, 0) is 54.0 Å². The SMILES string of the molecule is COc1c(CC(C)C(CN)CO)cc(Cl)cc1C(C)C. The molecular formula is C16H26ClNO2. The molecule has 20 heavy (non-hydrogen) atoms. The fourth-order valence-corrected chi connectivity index (χ4v) is 2.75. The van der Waals surface area contributed by atoms with Crippen molar-refractivity contribution in [1.82, 2.24) is 0 Å². The number of methoxy groups -OCH3 is 1. The van der Waals surface area contributed by atoms with Crippen molar-refractivity contribution in [2.75, 3.05) is 20.3 Å². The molecule has 0 aliphatic heterocycles. The van der Waals surface area contributed by atoms with Crippen molar-refractivity contribution < 1.29 is 9.84 Å². The Kier molecular flexibility index (Phi) is 6.80. The minimum Gasteiger partial charge on any atom is -0.496 e.